The SMILES string of the molecule is CCN(CC(=O)c1ccc(F)cc1F)C1CCCCC1. The number of benzene rings is 1. The Morgan fingerprint density at radius 3 is 2.55 bits per heavy atom. The van der Waals surface area contributed by atoms with Crippen LogP contribution in [0.25, 0.3) is 0 Å². The van der Waals surface area contributed by atoms with E-state index in [0.29, 0.717) is 6.04 Å². The number of carbonyl (C=O) groups is 1. The molecule has 0 amide bonds. The summed E-state index contributed by atoms with van der Waals surface area (Å²) in [6, 6.07) is 3.56. The maximum absolute atomic E-state index is 13.6. The fourth-order valence-corrected chi connectivity index (χ4v) is 2.93. The normalized spacial score (nSPS) is 16.6. The fraction of sp³-hybridized carbons (Fsp3) is 0.562. The molecule has 0 heterocycles. The lowest BCUT2D eigenvalue weighted by atomic mass is 9.94. The molecular weight excluding hydrogens is 260 g/mol. The average Bonchev–Trinajstić information content (AvgIpc) is 2.45. The molecule has 2 rings (SSSR count). The van der Waals surface area contributed by atoms with E-state index in [1.807, 2.05) is 6.92 Å². The zero-order chi connectivity index (χ0) is 14.5. The van der Waals surface area contributed by atoms with Gasteiger partial charge in [-0.25, -0.2) is 8.78 Å². The highest BCUT2D eigenvalue weighted by atomic mass is 19.1. The third kappa shape index (κ3) is 3.63. The molecule has 1 saturated carbocycles. The van der Waals surface area contributed by atoms with E-state index >= 15 is 0 Å². The predicted molar refractivity (Wildman–Crippen MR) is 74.8 cm³/mol. The summed E-state index contributed by atoms with van der Waals surface area (Å²) in [5.41, 5.74) is -0.0133. The number of likely N-dealkylation sites (N-methyl/N-ethyl adjacent to an activating group) is 1. The van der Waals surface area contributed by atoms with Gasteiger partial charge in [0.1, 0.15) is 11.6 Å². The molecule has 0 N–H and O–H groups in total. The molecule has 0 spiro atoms. The van der Waals surface area contributed by atoms with E-state index in [2.05, 4.69) is 4.90 Å². The lowest BCUT2D eigenvalue weighted by Gasteiger charge is -2.33. The van der Waals surface area contributed by atoms with Crippen LogP contribution in [-0.2, 0) is 0 Å². The number of rotatable bonds is 5. The molecule has 0 aromatic heterocycles. The minimum Gasteiger partial charge on any atom is -0.293 e. The summed E-state index contributed by atoms with van der Waals surface area (Å²) < 4.78 is 26.5. The van der Waals surface area contributed by atoms with Crippen LogP contribution in [0.1, 0.15) is 49.4 Å². The third-order valence-corrected chi connectivity index (χ3v) is 4.08. The highest BCUT2D eigenvalue weighted by molar-refractivity contribution is 5.97. The zero-order valence-electron chi connectivity index (χ0n) is 11.9. The van der Waals surface area contributed by atoms with Crippen LogP contribution in [0.2, 0.25) is 0 Å². The maximum atomic E-state index is 13.6. The second-order valence-electron chi connectivity index (χ2n) is 5.40. The van der Waals surface area contributed by atoms with Gasteiger partial charge in [-0.05, 0) is 31.5 Å². The number of halogens is 2. The van der Waals surface area contributed by atoms with Crippen LogP contribution in [0, 0.1) is 11.6 Å². The first-order chi connectivity index (χ1) is 9.61. The van der Waals surface area contributed by atoms with E-state index in [1.165, 1.54) is 25.3 Å². The van der Waals surface area contributed by atoms with Crippen molar-refractivity contribution in [2.75, 3.05) is 13.1 Å². The van der Waals surface area contributed by atoms with Crippen molar-refractivity contribution in [2.24, 2.45) is 0 Å². The maximum Gasteiger partial charge on any atom is 0.179 e. The third-order valence-electron chi connectivity index (χ3n) is 4.08. The minimum absolute atomic E-state index is 0.0133. The molecule has 0 unspecified atom stereocenters. The Labute approximate surface area is 118 Å². The number of Topliss-reactive ketones (excluding diaryl/α,β-unsaturated/α-hetero) is 1. The molecule has 2 nitrogen and oxygen atoms in total. The second-order valence-corrected chi connectivity index (χ2v) is 5.40. The second kappa shape index (κ2) is 6.93. The molecule has 0 bridgehead atoms. The molecule has 1 aromatic carbocycles. The number of nitrogens with zero attached hydrogens (tertiary/aromatic N) is 1. The number of hydrogen-bond acceptors (Lipinski definition) is 2. The molecule has 1 aliphatic rings. The van der Waals surface area contributed by atoms with E-state index < -0.39 is 11.6 Å². The number of ketones is 1. The van der Waals surface area contributed by atoms with Gasteiger partial charge >= 0.3 is 0 Å². The van der Waals surface area contributed by atoms with Crippen LogP contribution in [0.3, 0.4) is 0 Å². The highest BCUT2D eigenvalue weighted by Crippen LogP contribution is 2.23. The van der Waals surface area contributed by atoms with Crippen LogP contribution >= 0.6 is 0 Å². The van der Waals surface area contributed by atoms with Gasteiger partial charge in [0.15, 0.2) is 5.78 Å². The van der Waals surface area contributed by atoms with E-state index in [1.54, 1.807) is 0 Å². The lowest BCUT2D eigenvalue weighted by molar-refractivity contribution is 0.0864. The van der Waals surface area contributed by atoms with E-state index in [9.17, 15) is 13.6 Å². The highest BCUT2D eigenvalue weighted by Gasteiger charge is 2.23. The molecule has 110 valence electrons. The zero-order valence-corrected chi connectivity index (χ0v) is 11.9. The summed E-state index contributed by atoms with van der Waals surface area (Å²) >= 11 is 0. The Morgan fingerprint density at radius 1 is 1.25 bits per heavy atom. The first-order valence-corrected chi connectivity index (χ1v) is 7.34. The molecule has 1 fully saturated rings. The van der Waals surface area contributed by atoms with Gasteiger partial charge in [-0.3, -0.25) is 9.69 Å². The van der Waals surface area contributed by atoms with Crippen LogP contribution in [0.5, 0.6) is 0 Å². The fourth-order valence-electron chi connectivity index (χ4n) is 2.93. The van der Waals surface area contributed by atoms with E-state index in [4.69, 9.17) is 0 Å². The van der Waals surface area contributed by atoms with Gasteiger partial charge in [0.25, 0.3) is 0 Å². The first-order valence-electron chi connectivity index (χ1n) is 7.34. The first kappa shape index (κ1) is 15.1. The Morgan fingerprint density at radius 2 is 1.95 bits per heavy atom. The van der Waals surface area contributed by atoms with Gasteiger partial charge in [-0.2, -0.15) is 0 Å². The Kier molecular flexibility index (Phi) is 5.24. The average molecular weight is 281 g/mol. The van der Waals surface area contributed by atoms with Crippen LogP contribution < -0.4 is 0 Å². The molecule has 0 saturated heterocycles. The van der Waals surface area contributed by atoms with E-state index in [0.717, 1.165) is 31.5 Å². The topological polar surface area (TPSA) is 20.3 Å². The molecule has 0 atom stereocenters. The Balaban J connectivity index is 2.04. The molecule has 0 radical (unpaired) electrons. The summed E-state index contributed by atoms with van der Waals surface area (Å²) in [6.45, 7) is 3.01. The van der Waals surface area contributed by atoms with Crippen molar-refractivity contribution >= 4 is 5.78 Å². The van der Waals surface area contributed by atoms with Gasteiger partial charge in [0.2, 0.25) is 0 Å². The van der Waals surface area contributed by atoms with Crippen molar-refractivity contribution in [2.45, 2.75) is 45.1 Å². The predicted octanol–water partition coefficient (Wildman–Crippen LogP) is 3.80. The van der Waals surface area contributed by atoms with Gasteiger partial charge in [0.05, 0.1) is 12.1 Å². The summed E-state index contributed by atoms with van der Waals surface area (Å²) in [7, 11) is 0. The van der Waals surface area contributed by atoms with Crippen LogP contribution in [0.15, 0.2) is 18.2 Å². The summed E-state index contributed by atoms with van der Waals surface area (Å²) in [6.07, 6.45) is 5.86. The monoisotopic (exact) mass is 281 g/mol. The molecular formula is C16H21F2NO. The van der Waals surface area contributed by atoms with Gasteiger partial charge in [-0.1, -0.05) is 26.2 Å². The summed E-state index contributed by atoms with van der Waals surface area (Å²) in [4.78, 5) is 14.3. The van der Waals surface area contributed by atoms with Gasteiger partial charge in [0, 0.05) is 12.1 Å². The quantitative estimate of drug-likeness (QED) is 0.765. The summed E-state index contributed by atoms with van der Waals surface area (Å²) in [5, 5.41) is 0. The minimum atomic E-state index is -0.769. The van der Waals surface area contributed by atoms with Crippen molar-refractivity contribution in [3.8, 4) is 0 Å². The van der Waals surface area contributed by atoms with Crippen molar-refractivity contribution in [3.63, 3.8) is 0 Å². The van der Waals surface area contributed by atoms with Crippen molar-refractivity contribution in [1.82, 2.24) is 4.90 Å². The van der Waals surface area contributed by atoms with Gasteiger partial charge < -0.3 is 0 Å². The number of carbonyl (C=O) groups excluding carboxylic acids is 1. The van der Waals surface area contributed by atoms with Crippen molar-refractivity contribution in [3.05, 3.63) is 35.4 Å². The smallest absolute Gasteiger partial charge is 0.179 e. The molecule has 1 aromatic rings. The number of hydrogen-bond donors (Lipinski definition) is 0. The Hall–Kier alpha value is -1.29. The lowest BCUT2D eigenvalue weighted by Crippen LogP contribution is -2.40. The van der Waals surface area contributed by atoms with Crippen LogP contribution in [-0.4, -0.2) is 29.8 Å². The molecule has 4 heteroatoms. The summed E-state index contributed by atoms with van der Waals surface area (Å²) in [5.74, 6) is -1.69. The van der Waals surface area contributed by atoms with E-state index in [-0.39, 0.29) is 17.9 Å². The van der Waals surface area contributed by atoms with Crippen molar-refractivity contribution in [1.29, 1.82) is 0 Å². The Bertz CT molecular complexity index is 470. The van der Waals surface area contributed by atoms with Gasteiger partial charge in [-0.15, -0.1) is 0 Å². The molecule has 1 aliphatic carbocycles. The van der Waals surface area contributed by atoms with Crippen molar-refractivity contribution < 1.29 is 13.6 Å². The standard InChI is InChI=1S/C16H21F2NO/c1-2-19(13-6-4-3-5-7-13)11-16(20)14-9-8-12(17)10-15(14)18/h8-10,13H,2-7,11H2,1H3. The largest absolute Gasteiger partial charge is 0.293 e. The molecule has 0 aliphatic heterocycles. The van der Waals surface area contributed by atoms with Crippen LogP contribution in [0.4, 0.5) is 8.78 Å². The molecule has 20 heavy (non-hydrogen) atoms.